The van der Waals surface area contributed by atoms with Crippen LogP contribution < -0.4 is 10.4 Å². The lowest BCUT2D eigenvalue weighted by Gasteiger charge is -2.34. The number of hydrogen-bond acceptors (Lipinski definition) is 0. The predicted molar refractivity (Wildman–Crippen MR) is 105 cm³/mol. The summed E-state index contributed by atoms with van der Waals surface area (Å²) in [6.07, 6.45) is 0. The number of hydrogen-bond donors (Lipinski definition) is 0. The predicted octanol–water partition coefficient (Wildman–Crippen LogP) is 5.27. The highest BCUT2D eigenvalue weighted by Crippen LogP contribution is 2.29. The standard InChI is InChI=1S/C18H24F4Si3/c1-23(19,20)13-15-25(16-14-24(2,21)22,17-9-5-3-6-10-17)18-11-7-4-8-12-18/h3-12H,13-16H2,1-2H3. The summed E-state index contributed by atoms with van der Waals surface area (Å²) in [5.74, 6) is 0. The van der Waals surface area contributed by atoms with Crippen molar-refractivity contribution >= 4 is 35.9 Å². The Hall–Kier alpha value is -1.19. The van der Waals surface area contributed by atoms with E-state index in [2.05, 4.69) is 0 Å². The zero-order valence-corrected chi connectivity index (χ0v) is 17.6. The lowest BCUT2D eigenvalue weighted by atomic mass is 10.4. The van der Waals surface area contributed by atoms with Gasteiger partial charge in [-0.05, 0) is 37.3 Å². The van der Waals surface area contributed by atoms with Gasteiger partial charge >= 0.3 is 17.5 Å². The second-order valence-electron chi connectivity index (χ2n) is 6.95. The Labute approximate surface area is 150 Å². The molecule has 0 nitrogen and oxygen atoms in total. The van der Waals surface area contributed by atoms with Gasteiger partial charge in [0.1, 0.15) is 8.07 Å². The van der Waals surface area contributed by atoms with Crippen molar-refractivity contribution in [2.24, 2.45) is 0 Å². The van der Waals surface area contributed by atoms with Crippen molar-refractivity contribution in [2.45, 2.75) is 37.3 Å². The molecule has 0 aliphatic rings. The molecule has 0 fully saturated rings. The molecule has 0 radical (unpaired) electrons. The summed E-state index contributed by atoms with van der Waals surface area (Å²) in [5.41, 5.74) is 0. The van der Waals surface area contributed by atoms with Gasteiger partial charge in [-0.3, -0.25) is 16.4 Å². The molecule has 0 amide bonds. The molecule has 2 rings (SSSR count). The molecule has 0 spiro atoms. The van der Waals surface area contributed by atoms with E-state index in [0.717, 1.165) is 23.5 Å². The molecular weight excluding hydrogens is 376 g/mol. The lowest BCUT2D eigenvalue weighted by Crippen LogP contribution is -2.59. The minimum absolute atomic E-state index is 0.139. The Morgan fingerprint density at radius 2 is 0.880 bits per heavy atom. The van der Waals surface area contributed by atoms with Crippen LogP contribution in [-0.2, 0) is 0 Å². The summed E-state index contributed by atoms with van der Waals surface area (Å²) >= 11 is 0. The van der Waals surface area contributed by atoms with Crippen LogP contribution in [0.15, 0.2) is 60.7 Å². The molecule has 0 unspecified atom stereocenters. The van der Waals surface area contributed by atoms with Crippen LogP contribution in [0.4, 0.5) is 16.4 Å². The van der Waals surface area contributed by atoms with Gasteiger partial charge < -0.3 is 0 Å². The average molecular weight is 401 g/mol. The zero-order valence-electron chi connectivity index (χ0n) is 14.6. The summed E-state index contributed by atoms with van der Waals surface area (Å²) in [4.78, 5) is 0. The van der Waals surface area contributed by atoms with E-state index >= 15 is 0 Å². The molecule has 7 heteroatoms. The summed E-state index contributed by atoms with van der Waals surface area (Å²) < 4.78 is 55.1. The highest BCUT2D eigenvalue weighted by Gasteiger charge is 2.43. The SMILES string of the molecule is C[Si](F)(F)CC[Si](CC[Si](C)(F)F)(c1ccccc1)c1ccccc1. The first-order chi connectivity index (χ1) is 11.6. The van der Waals surface area contributed by atoms with Crippen LogP contribution in [0.2, 0.25) is 37.3 Å². The average Bonchev–Trinajstić information content (AvgIpc) is 2.55. The highest BCUT2D eigenvalue weighted by molar-refractivity contribution is 7.03. The maximum absolute atomic E-state index is 13.8. The van der Waals surface area contributed by atoms with E-state index in [1.165, 1.54) is 0 Å². The molecule has 2 aromatic carbocycles. The Kier molecular flexibility index (Phi) is 6.45. The molecule has 0 atom stereocenters. The minimum atomic E-state index is -4.25. The van der Waals surface area contributed by atoms with Gasteiger partial charge in [-0.1, -0.05) is 71.0 Å². The van der Waals surface area contributed by atoms with Crippen LogP contribution in [-0.4, -0.2) is 25.6 Å². The lowest BCUT2D eigenvalue weighted by molar-refractivity contribution is 0.610. The molecule has 0 aliphatic heterocycles. The van der Waals surface area contributed by atoms with Crippen molar-refractivity contribution < 1.29 is 16.4 Å². The van der Waals surface area contributed by atoms with Gasteiger partial charge in [0.25, 0.3) is 0 Å². The fourth-order valence-electron chi connectivity index (χ4n) is 3.25. The van der Waals surface area contributed by atoms with Crippen molar-refractivity contribution in [1.29, 1.82) is 0 Å². The van der Waals surface area contributed by atoms with E-state index < -0.39 is 25.6 Å². The first-order valence-electron chi connectivity index (χ1n) is 8.49. The first-order valence-corrected chi connectivity index (χ1v) is 15.8. The Morgan fingerprint density at radius 1 is 0.560 bits per heavy atom. The molecule has 0 saturated heterocycles. The topological polar surface area (TPSA) is 0 Å². The van der Waals surface area contributed by atoms with E-state index in [-0.39, 0.29) is 12.1 Å². The molecule has 0 saturated carbocycles. The molecule has 0 bridgehead atoms. The molecule has 25 heavy (non-hydrogen) atoms. The third-order valence-corrected chi connectivity index (χ3v) is 13.0. The third kappa shape index (κ3) is 5.93. The van der Waals surface area contributed by atoms with Crippen molar-refractivity contribution in [3.05, 3.63) is 60.7 Å². The molecule has 136 valence electrons. The monoisotopic (exact) mass is 400 g/mol. The fraction of sp³-hybridized carbons (Fsp3) is 0.333. The maximum atomic E-state index is 13.8. The van der Waals surface area contributed by atoms with Crippen molar-refractivity contribution in [1.82, 2.24) is 0 Å². The third-order valence-electron chi connectivity index (χ3n) is 4.63. The smallest absolute Gasteiger partial charge is 0.271 e. The van der Waals surface area contributed by atoms with Gasteiger partial charge in [0.05, 0.1) is 0 Å². The van der Waals surface area contributed by atoms with E-state index in [1.54, 1.807) is 0 Å². The molecular formula is C18H24F4Si3. The number of rotatable bonds is 8. The molecule has 0 aromatic heterocycles. The summed E-state index contributed by atoms with van der Waals surface area (Å²) in [6, 6.07) is 19.4. The van der Waals surface area contributed by atoms with Crippen LogP contribution in [0, 0.1) is 0 Å². The van der Waals surface area contributed by atoms with Crippen molar-refractivity contribution in [3.63, 3.8) is 0 Å². The van der Waals surface area contributed by atoms with E-state index in [9.17, 15) is 16.4 Å². The first kappa shape index (κ1) is 20.1. The molecule has 2 aromatic rings. The van der Waals surface area contributed by atoms with Gasteiger partial charge in [-0.25, -0.2) is 0 Å². The van der Waals surface area contributed by atoms with Crippen LogP contribution in [0.25, 0.3) is 0 Å². The van der Waals surface area contributed by atoms with Gasteiger partial charge in [-0.15, -0.1) is 0 Å². The Morgan fingerprint density at radius 3 is 1.16 bits per heavy atom. The minimum Gasteiger partial charge on any atom is -0.271 e. The molecule has 0 heterocycles. The summed E-state index contributed by atoms with van der Waals surface area (Å²) in [7, 11) is -11.2. The van der Waals surface area contributed by atoms with Gasteiger partial charge in [0.2, 0.25) is 0 Å². The summed E-state index contributed by atoms with van der Waals surface area (Å²) in [6.45, 7) is 2.09. The second kappa shape index (κ2) is 8.01. The Balaban J connectivity index is 2.52. The normalized spacial score (nSPS) is 13.0. The van der Waals surface area contributed by atoms with Gasteiger partial charge in [0.15, 0.2) is 0 Å². The van der Waals surface area contributed by atoms with E-state index in [1.807, 2.05) is 60.7 Å². The van der Waals surface area contributed by atoms with Crippen molar-refractivity contribution in [2.75, 3.05) is 0 Å². The summed E-state index contributed by atoms with van der Waals surface area (Å²) in [5, 5.41) is 1.97. The number of halogens is 4. The van der Waals surface area contributed by atoms with Gasteiger partial charge in [-0.2, -0.15) is 0 Å². The fourth-order valence-corrected chi connectivity index (χ4v) is 13.6. The van der Waals surface area contributed by atoms with E-state index in [4.69, 9.17) is 0 Å². The number of benzene rings is 2. The maximum Gasteiger partial charge on any atom is 0.421 e. The van der Waals surface area contributed by atoms with Crippen LogP contribution in [0.5, 0.6) is 0 Å². The van der Waals surface area contributed by atoms with Crippen LogP contribution >= 0.6 is 0 Å². The largest absolute Gasteiger partial charge is 0.421 e. The van der Waals surface area contributed by atoms with Crippen molar-refractivity contribution in [3.8, 4) is 0 Å². The molecule has 0 N–H and O–H groups in total. The van der Waals surface area contributed by atoms with Crippen LogP contribution in [0.1, 0.15) is 0 Å². The highest BCUT2D eigenvalue weighted by atomic mass is 28.4. The van der Waals surface area contributed by atoms with Gasteiger partial charge in [0, 0.05) is 0 Å². The van der Waals surface area contributed by atoms with E-state index in [0.29, 0.717) is 12.1 Å². The molecule has 0 aliphatic carbocycles. The quantitative estimate of drug-likeness (QED) is 0.322. The van der Waals surface area contributed by atoms with Crippen LogP contribution in [0.3, 0.4) is 0 Å². The second-order valence-corrected chi connectivity index (χ2v) is 16.6. The zero-order chi connectivity index (χ0) is 18.6. The Bertz CT molecular complexity index is 592.